The molecule has 1 atom stereocenters. The van der Waals surface area contributed by atoms with Crippen molar-refractivity contribution in [1.82, 2.24) is 10.6 Å². The minimum atomic E-state index is -0.873. The lowest BCUT2D eigenvalue weighted by molar-refractivity contribution is -0.123. The van der Waals surface area contributed by atoms with Crippen LogP contribution in [0.5, 0.6) is 0 Å². The van der Waals surface area contributed by atoms with Crippen molar-refractivity contribution in [3.05, 3.63) is 64.4 Å². The Morgan fingerprint density at radius 2 is 1.88 bits per heavy atom. The predicted octanol–water partition coefficient (Wildman–Crippen LogP) is 2.43. The summed E-state index contributed by atoms with van der Waals surface area (Å²) in [6.45, 7) is -0.130. The molecule has 0 fully saturated rings. The summed E-state index contributed by atoms with van der Waals surface area (Å²) in [5.74, 6) is -1.03. The Morgan fingerprint density at radius 1 is 1.15 bits per heavy atom. The molecular formula is C18H19BrFN3O3. The predicted molar refractivity (Wildman–Crippen MR) is 100 cm³/mol. The number of urea groups is 1. The molecule has 2 aromatic carbocycles. The van der Waals surface area contributed by atoms with Crippen LogP contribution in [0.2, 0.25) is 0 Å². The third-order valence-corrected chi connectivity index (χ3v) is 3.99. The van der Waals surface area contributed by atoms with E-state index in [0.717, 1.165) is 5.56 Å². The van der Waals surface area contributed by atoms with Crippen molar-refractivity contribution in [2.45, 2.75) is 12.5 Å². The Bertz CT molecular complexity index is 759. The molecular weight excluding hydrogens is 405 g/mol. The van der Waals surface area contributed by atoms with Gasteiger partial charge in [0.2, 0.25) is 5.91 Å². The number of aliphatic hydroxyl groups is 1. The molecule has 0 aliphatic carbocycles. The standard InChI is InChI=1S/C18H19BrFN3O3/c19-13-6-7-15(14(20)11-13)22-18(26)23-16(17(25)21-8-9-24)10-12-4-2-1-3-5-12/h1-7,11,16,24H,8-10H2,(H,21,25)(H2,22,23,26)/t16-/m0/s1. The number of carbonyl (C=O) groups is 2. The summed E-state index contributed by atoms with van der Waals surface area (Å²) >= 11 is 3.14. The normalized spacial score (nSPS) is 11.5. The van der Waals surface area contributed by atoms with E-state index in [1.165, 1.54) is 12.1 Å². The van der Waals surface area contributed by atoms with Crippen molar-refractivity contribution >= 4 is 33.6 Å². The lowest BCUT2D eigenvalue weighted by atomic mass is 10.1. The summed E-state index contributed by atoms with van der Waals surface area (Å²) in [6, 6.07) is 11.8. The van der Waals surface area contributed by atoms with Gasteiger partial charge in [-0.05, 0) is 23.8 Å². The highest BCUT2D eigenvalue weighted by atomic mass is 79.9. The van der Waals surface area contributed by atoms with Crippen LogP contribution in [0.25, 0.3) is 0 Å². The van der Waals surface area contributed by atoms with Gasteiger partial charge in [-0.25, -0.2) is 9.18 Å². The second kappa shape index (κ2) is 9.88. The molecule has 0 bridgehead atoms. The molecule has 0 aliphatic rings. The maximum atomic E-state index is 13.8. The zero-order valence-corrected chi connectivity index (χ0v) is 15.4. The second-order valence-corrected chi connectivity index (χ2v) is 6.40. The number of anilines is 1. The van der Waals surface area contributed by atoms with Gasteiger partial charge in [0.05, 0.1) is 12.3 Å². The summed E-state index contributed by atoms with van der Waals surface area (Å²) in [7, 11) is 0. The van der Waals surface area contributed by atoms with Crippen molar-refractivity contribution in [3.63, 3.8) is 0 Å². The molecule has 0 unspecified atom stereocenters. The number of carbonyl (C=O) groups excluding carboxylic acids is 2. The summed E-state index contributed by atoms with van der Waals surface area (Å²) in [5, 5.41) is 16.3. The molecule has 0 spiro atoms. The number of aliphatic hydroxyl groups excluding tert-OH is 1. The van der Waals surface area contributed by atoms with Gasteiger partial charge in [0, 0.05) is 17.4 Å². The van der Waals surface area contributed by atoms with Crippen molar-refractivity contribution in [2.24, 2.45) is 0 Å². The van der Waals surface area contributed by atoms with Crippen molar-refractivity contribution in [1.29, 1.82) is 0 Å². The van der Waals surface area contributed by atoms with Crippen molar-refractivity contribution in [3.8, 4) is 0 Å². The Morgan fingerprint density at radius 3 is 2.54 bits per heavy atom. The number of hydrogen-bond donors (Lipinski definition) is 4. The Labute approximate surface area is 158 Å². The van der Waals surface area contributed by atoms with E-state index < -0.39 is 23.8 Å². The first kappa shape index (κ1) is 19.9. The highest BCUT2D eigenvalue weighted by molar-refractivity contribution is 9.10. The van der Waals surface area contributed by atoms with Gasteiger partial charge >= 0.3 is 6.03 Å². The molecule has 0 aromatic heterocycles. The van der Waals surface area contributed by atoms with E-state index in [2.05, 4.69) is 31.9 Å². The number of rotatable bonds is 7. The Balaban J connectivity index is 2.06. The SMILES string of the molecule is O=C(Nc1ccc(Br)cc1F)N[C@@H](Cc1ccccc1)C(=O)NCCO. The average molecular weight is 424 g/mol. The second-order valence-electron chi connectivity index (χ2n) is 5.48. The van der Waals surface area contributed by atoms with Gasteiger partial charge in [0.25, 0.3) is 0 Å². The van der Waals surface area contributed by atoms with Gasteiger partial charge in [-0.3, -0.25) is 4.79 Å². The fraction of sp³-hybridized carbons (Fsp3) is 0.222. The quantitative estimate of drug-likeness (QED) is 0.551. The molecule has 4 N–H and O–H groups in total. The van der Waals surface area contributed by atoms with Crippen LogP contribution in [0.1, 0.15) is 5.56 Å². The largest absolute Gasteiger partial charge is 0.395 e. The van der Waals surface area contributed by atoms with E-state index in [-0.39, 0.29) is 25.3 Å². The van der Waals surface area contributed by atoms with Crippen LogP contribution in [-0.2, 0) is 11.2 Å². The summed E-state index contributed by atoms with van der Waals surface area (Å²) in [6.07, 6.45) is 0.258. The maximum Gasteiger partial charge on any atom is 0.319 e. The highest BCUT2D eigenvalue weighted by Gasteiger charge is 2.21. The zero-order valence-electron chi connectivity index (χ0n) is 13.8. The molecule has 0 aliphatic heterocycles. The summed E-state index contributed by atoms with van der Waals surface area (Å²) < 4.78 is 14.4. The molecule has 8 heteroatoms. The molecule has 138 valence electrons. The Kier molecular flexibility index (Phi) is 7.55. The molecule has 2 rings (SSSR count). The molecule has 3 amide bonds. The lowest BCUT2D eigenvalue weighted by Gasteiger charge is -2.19. The van der Waals surface area contributed by atoms with Gasteiger partial charge in [-0.1, -0.05) is 46.3 Å². The van der Waals surface area contributed by atoms with Crippen LogP contribution in [-0.4, -0.2) is 36.2 Å². The molecule has 0 heterocycles. The van der Waals surface area contributed by atoms with E-state index in [1.54, 1.807) is 6.07 Å². The van der Waals surface area contributed by atoms with Crippen LogP contribution in [0.15, 0.2) is 53.0 Å². The summed E-state index contributed by atoms with van der Waals surface area (Å²) in [5.41, 5.74) is 0.853. The Hall–Kier alpha value is -2.45. The van der Waals surface area contributed by atoms with E-state index >= 15 is 0 Å². The first-order chi connectivity index (χ1) is 12.5. The first-order valence-corrected chi connectivity index (χ1v) is 8.74. The van der Waals surface area contributed by atoms with Crippen LogP contribution in [0.4, 0.5) is 14.9 Å². The number of nitrogens with one attached hydrogen (secondary N) is 3. The molecule has 2 aromatic rings. The molecule has 6 nitrogen and oxygen atoms in total. The average Bonchev–Trinajstić information content (AvgIpc) is 2.62. The fourth-order valence-corrected chi connectivity index (χ4v) is 2.60. The number of amides is 3. The molecule has 0 radical (unpaired) electrons. The lowest BCUT2D eigenvalue weighted by Crippen LogP contribution is -2.49. The topological polar surface area (TPSA) is 90.5 Å². The van der Waals surface area contributed by atoms with E-state index in [1.807, 2.05) is 30.3 Å². The van der Waals surface area contributed by atoms with Gasteiger partial charge in [-0.2, -0.15) is 0 Å². The first-order valence-electron chi connectivity index (χ1n) is 7.94. The zero-order chi connectivity index (χ0) is 18.9. The van der Waals surface area contributed by atoms with Gasteiger partial charge in [0.15, 0.2) is 0 Å². The smallest absolute Gasteiger partial charge is 0.319 e. The molecule has 0 saturated heterocycles. The third kappa shape index (κ3) is 6.12. The van der Waals surface area contributed by atoms with E-state index in [0.29, 0.717) is 4.47 Å². The molecule has 0 saturated carbocycles. The third-order valence-electron chi connectivity index (χ3n) is 3.49. The van der Waals surface area contributed by atoms with Crippen molar-refractivity contribution < 1.29 is 19.1 Å². The fourth-order valence-electron chi connectivity index (χ4n) is 2.27. The number of hydrogen-bond acceptors (Lipinski definition) is 3. The van der Waals surface area contributed by atoms with Crippen LogP contribution >= 0.6 is 15.9 Å². The minimum absolute atomic E-state index is 0.0000672. The monoisotopic (exact) mass is 423 g/mol. The number of benzene rings is 2. The summed E-state index contributed by atoms with van der Waals surface area (Å²) in [4.78, 5) is 24.5. The van der Waals surface area contributed by atoms with Crippen LogP contribution in [0.3, 0.4) is 0 Å². The van der Waals surface area contributed by atoms with Crippen molar-refractivity contribution in [2.75, 3.05) is 18.5 Å². The highest BCUT2D eigenvalue weighted by Crippen LogP contribution is 2.19. The maximum absolute atomic E-state index is 13.8. The van der Waals surface area contributed by atoms with Gasteiger partial charge in [-0.15, -0.1) is 0 Å². The van der Waals surface area contributed by atoms with Crippen LogP contribution < -0.4 is 16.0 Å². The van der Waals surface area contributed by atoms with Crippen LogP contribution in [0, 0.1) is 5.82 Å². The molecule has 26 heavy (non-hydrogen) atoms. The van der Waals surface area contributed by atoms with Gasteiger partial charge < -0.3 is 21.1 Å². The van der Waals surface area contributed by atoms with E-state index in [9.17, 15) is 14.0 Å². The van der Waals surface area contributed by atoms with E-state index in [4.69, 9.17) is 5.11 Å². The van der Waals surface area contributed by atoms with Gasteiger partial charge in [0.1, 0.15) is 11.9 Å². The minimum Gasteiger partial charge on any atom is -0.395 e. The number of halogens is 2.